The Morgan fingerprint density at radius 2 is 1.93 bits per heavy atom. The van der Waals surface area contributed by atoms with Crippen molar-refractivity contribution < 1.29 is 24.5 Å². The van der Waals surface area contributed by atoms with Crippen LogP contribution in [0.25, 0.3) is 10.1 Å². The Morgan fingerprint density at radius 1 is 1.17 bits per heavy atom. The number of carboxylic acid groups (broad SMARTS) is 1. The zero-order valence-corrected chi connectivity index (χ0v) is 17.3. The predicted molar refractivity (Wildman–Crippen MR) is 114 cm³/mol. The number of aliphatic hydroxyl groups is 1. The van der Waals surface area contributed by atoms with Gasteiger partial charge in [0.1, 0.15) is 11.5 Å². The molecule has 0 saturated heterocycles. The second kappa shape index (κ2) is 8.05. The first-order valence-corrected chi connectivity index (χ1v) is 10.6. The van der Waals surface area contributed by atoms with Crippen LogP contribution in [0.1, 0.15) is 52.4 Å². The van der Waals surface area contributed by atoms with Crippen molar-refractivity contribution in [2.45, 2.75) is 44.6 Å². The molecule has 1 heterocycles. The summed E-state index contributed by atoms with van der Waals surface area (Å²) < 4.78 is 12.3. The highest BCUT2D eigenvalue weighted by Crippen LogP contribution is 2.43. The number of fused-ring (bicyclic) bond motifs is 1. The van der Waals surface area contributed by atoms with Crippen LogP contribution >= 0.6 is 11.3 Å². The van der Waals surface area contributed by atoms with Crippen LogP contribution < -0.4 is 9.47 Å². The van der Waals surface area contributed by atoms with Crippen LogP contribution in [0, 0.1) is 6.92 Å². The molecule has 0 aliphatic heterocycles. The van der Waals surface area contributed by atoms with Crippen molar-refractivity contribution in [1.29, 1.82) is 0 Å². The molecule has 1 saturated carbocycles. The van der Waals surface area contributed by atoms with Gasteiger partial charge in [0.05, 0.1) is 13.2 Å². The lowest BCUT2D eigenvalue weighted by Gasteiger charge is -2.26. The van der Waals surface area contributed by atoms with E-state index in [0.29, 0.717) is 23.2 Å². The highest BCUT2D eigenvalue weighted by atomic mass is 32.1. The molecular weight excluding hydrogens is 388 g/mol. The predicted octanol–water partition coefficient (Wildman–Crippen LogP) is 5.73. The molecule has 2 unspecified atom stereocenters. The van der Waals surface area contributed by atoms with E-state index in [9.17, 15) is 15.0 Å². The van der Waals surface area contributed by atoms with Crippen LogP contribution in [0.2, 0.25) is 0 Å². The number of carbonyl (C=O) groups is 1. The third kappa shape index (κ3) is 3.95. The zero-order chi connectivity index (χ0) is 20.5. The molecule has 152 valence electrons. The second-order valence-corrected chi connectivity index (χ2v) is 8.62. The van der Waals surface area contributed by atoms with E-state index < -0.39 is 5.97 Å². The van der Waals surface area contributed by atoms with E-state index >= 15 is 0 Å². The number of aromatic carboxylic acids is 1. The van der Waals surface area contributed by atoms with Gasteiger partial charge in [-0.05, 0) is 67.5 Å². The van der Waals surface area contributed by atoms with E-state index in [1.54, 1.807) is 7.11 Å². The average Bonchev–Trinajstić information content (AvgIpc) is 3.05. The summed E-state index contributed by atoms with van der Waals surface area (Å²) in [5.74, 6) is 0.981. The number of carboxylic acids is 1. The highest BCUT2D eigenvalue weighted by Gasteiger charge is 2.23. The lowest BCUT2D eigenvalue weighted by Crippen LogP contribution is -2.18. The fourth-order valence-corrected chi connectivity index (χ4v) is 5.11. The van der Waals surface area contributed by atoms with E-state index in [2.05, 4.69) is 0 Å². The van der Waals surface area contributed by atoms with E-state index in [1.807, 2.05) is 43.3 Å². The maximum absolute atomic E-state index is 11.8. The zero-order valence-electron chi connectivity index (χ0n) is 16.5. The summed E-state index contributed by atoms with van der Waals surface area (Å²) in [5.41, 5.74) is 2.13. The van der Waals surface area contributed by atoms with Crippen molar-refractivity contribution >= 4 is 27.4 Å². The molecule has 29 heavy (non-hydrogen) atoms. The van der Waals surface area contributed by atoms with Gasteiger partial charge in [0.2, 0.25) is 0 Å². The average molecular weight is 413 g/mol. The summed E-state index contributed by atoms with van der Waals surface area (Å²) >= 11 is 1.20. The van der Waals surface area contributed by atoms with Gasteiger partial charge in [-0.3, -0.25) is 0 Å². The molecule has 4 rings (SSSR count). The topological polar surface area (TPSA) is 76.0 Å². The summed E-state index contributed by atoms with van der Waals surface area (Å²) in [6.45, 7) is 1.93. The van der Waals surface area contributed by atoms with Crippen molar-refractivity contribution in [3.8, 4) is 17.2 Å². The molecule has 0 radical (unpaired) electrons. The Bertz CT molecular complexity index is 1040. The van der Waals surface area contributed by atoms with Gasteiger partial charge in [-0.15, -0.1) is 11.3 Å². The molecule has 2 aromatic carbocycles. The molecule has 5 nitrogen and oxygen atoms in total. The van der Waals surface area contributed by atoms with Gasteiger partial charge >= 0.3 is 5.97 Å². The van der Waals surface area contributed by atoms with Crippen molar-refractivity contribution in [2.24, 2.45) is 0 Å². The number of thiophene rings is 1. The Kier molecular flexibility index (Phi) is 5.48. The Labute approximate surface area is 173 Å². The van der Waals surface area contributed by atoms with Gasteiger partial charge in [-0.2, -0.15) is 0 Å². The Hall–Kier alpha value is -2.57. The van der Waals surface area contributed by atoms with E-state index in [1.165, 1.54) is 16.9 Å². The van der Waals surface area contributed by atoms with Crippen LogP contribution in [0.15, 0.2) is 36.4 Å². The SMILES string of the molecule is COc1cc2c(Oc3ccc(C4CCCC(O)C4)cc3)c(C(=O)O)sc2cc1C. The monoisotopic (exact) mass is 412 g/mol. The molecule has 1 aliphatic rings. The molecular formula is C23H24O5S. The molecule has 6 heteroatoms. The summed E-state index contributed by atoms with van der Waals surface area (Å²) in [6.07, 6.45) is 3.56. The van der Waals surface area contributed by atoms with Gasteiger partial charge in [0, 0.05) is 10.1 Å². The first-order valence-electron chi connectivity index (χ1n) is 9.76. The summed E-state index contributed by atoms with van der Waals surface area (Å²) in [7, 11) is 1.60. The van der Waals surface area contributed by atoms with Crippen molar-refractivity contribution in [2.75, 3.05) is 7.11 Å². The molecule has 0 spiro atoms. The Morgan fingerprint density at radius 3 is 2.59 bits per heavy atom. The minimum Gasteiger partial charge on any atom is -0.496 e. The fraction of sp³-hybridized carbons (Fsp3) is 0.348. The molecule has 3 aromatic rings. The third-order valence-corrected chi connectivity index (χ3v) is 6.69. The van der Waals surface area contributed by atoms with Gasteiger partial charge < -0.3 is 19.7 Å². The van der Waals surface area contributed by atoms with Gasteiger partial charge in [-0.1, -0.05) is 18.6 Å². The number of ether oxygens (including phenoxy) is 2. The summed E-state index contributed by atoms with van der Waals surface area (Å²) in [6, 6.07) is 11.5. The van der Waals surface area contributed by atoms with E-state index in [4.69, 9.17) is 9.47 Å². The lowest BCUT2D eigenvalue weighted by atomic mass is 9.82. The summed E-state index contributed by atoms with van der Waals surface area (Å²) in [5, 5.41) is 20.3. The smallest absolute Gasteiger partial charge is 0.349 e. The van der Waals surface area contributed by atoms with Crippen molar-refractivity contribution in [1.82, 2.24) is 0 Å². The van der Waals surface area contributed by atoms with Crippen molar-refractivity contribution in [3.63, 3.8) is 0 Å². The normalized spacial score (nSPS) is 19.3. The van der Waals surface area contributed by atoms with E-state index in [0.717, 1.165) is 41.3 Å². The number of hydrogen-bond acceptors (Lipinski definition) is 5. The number of hydrogen-bond donors (Lipinski definition) is 2. The molecule has 1 aliphatic carbocycles. The molecule has 2 atom stereocenters. The van der Waals surface area contributed by atoms with Crippen molar-refractivity contribution in [3.05, 3.63) is 52.4 Å². The van der Waals surface area contributed by atoms with Gasteiger partial charge in [0.25, 0.3) is 0 Å². The fourth-order valence-electron chi connectivity index (χ4n) is 4.06. The standard InChI is InChI=1S/C23H24O5S/c1-13-10-20-18(12-19(13)27-2)21(22(29-20)23(25)26)28-17-8-6-14(7-9-17)15-4-3-5-16(24)11-15/h6-10,12,15-16,24H,3-5,11H2,1-2H3,(H,25,26). The summed E-state index contributed by atoms with van der Waals surface area (Å²) in [4.78, 5) is 12.0. The molecule has 1 fully saturated rings. The second-order valence-electron chi connectivity index (χ2n) is 7.57. The lowest BCUT2D eigenvalue weighted by molar-refractivity contribution is 0.0700. The van der Waals surface area contributed by atoms with Gasteiger partial charge in [0.15, 0.2) is 10.6 Å². The minimum absolute atomic E-state index is 0.173. The molecule has 2 N–H and O–H groups in total. The van der Waals surface area contributed by atoms with Crippen LogP contribution in [0.5, 0.6) is 17.2 Å². The third-order valence-electron chi connectivity index (χ3n) is 5.57. The van der Waals surface area contributed by atoms with Crippen LogP contribution in [-0.2, 0) is 0 Å². The number of rotatable bonds is 5. The first kappa shape index (κ1) is 19.7. The minimum atomic E-state index is -1.01. The molecule has 0 amide bonds. The largest absolute Gasteiger partial charge is 0.496 e. The van der Waals surface area contributed by atoms with Crippen LogP contribution in [0.3, 0.4) is 0 Å². The number of benzene rings is 2. The van der Waals surface area contributed by atoms with Crippen LogP contribution in [0.4, 0.5) is 0 Å². The quantitative estimate of drug-likeness (QED) is 0.560. The molecule has 1 aromatic heterocycles. The number of methoxy groups -OCH3 is 1. The van der Waals surface area contributed by atoms with Gasteiger partial charge in [-0.25, -0.2) is 4.79 Å². The Balaban J connectivity index is 1.66. The number of aryl methyl sites for hydroxylation is 1. The maximum atomic E-state index is 11.8. The molecule has 0 bridgehead atoms. The number of aliphatic hydroxyl groups excluding tert-OH is 1. The maximum Gasteiger partial charge on any atom is 0.349 e. The highest BCUT2D eigenvalue weighted by molar-refractivity contribution is 7.21. The van der Waals surface area contributed by atoms with E-state index in [-0.39, 0.29) is 11.0 Å². The van der Waals surface area contributed by atoms with Crippen LogP contribution in [-0.4, -0.2) is 29.4 Å². The first-order chi connectivity index (χ1) is 14.0.